The zero-order valence-corrected chi connectivity index (χ0v) is 15.2. The van der Waals surface area contributed by atoms with Crippen LogP contribution in [0.3, 0.4) is 0 Å². The van der Waals surface area contributed by atoms with Gasteiger partial charge in [0.15, 0.2) is 0 Å². The maximum absolute atomic E-state index is 6.40. The molecule has 1 aromatic heterocycles. The van der Waals surface area contributed by atoms with Crippen LogP contribution in [-0.2, 0) is 0 Å². The van der Waals surface area contributed by atoms with E-state index in [0.29, 0.717) is 41.9 Å². The molecule has 0 bridgehead atoms. The molecule has 0 unspecified atom stereocenters. The van der Waals surface area contributed by atoms with Crippen molar-refractivity contribution in [3.8, 4) is 22.4 Å². The van der Waals surface area contributed by atoms with Gasteiger partial charge in [0.05, 0.1) is 20.8 Å². The molecule has 0 spiro atoms. The normalized spacial score (nSPS) is 10.8. The van der Waals surface area contributed by atoms with Gasteiger partial charge in [0, 0.05) is 32.9 Å². The number of rotatable bonds is 2. The largest absolute Gasteiger partial charge is 0.254 e. The van der Waals surface area contributed by atoms with Crippen molar-refractivity contribution in [1.29, 1.82) is 0 Å². The van der Waals surface area contributed by atoms with Crippen molar-refractivity contribution >= 4 is 58.0 Å². The number of halogens is 5. The third-order valence-electron chi connectivity index (χ3n) is 3.29. The van der Waals surface area contributed by atoms with Crippen LogP contribution in [0.2, 0.25) is 25.1 Å². The summed E-state index contributed by atoms with van der Waals surface area (Å²) in [6.07, 6.45) is 1.65. The van der Waals surface area contributed by atoms with Crippen molar-refractivity contribution in [2.45, 2.75) is 0 Å². The molecule has 23 heavy (non-hydrogen) atoms. The molecule has 6 heteroatoms. The summed E-state index contributed by atoms with van der Waals surface area (Å²) in [6, 6.07) is 12.3. The Bertz CT molecular complexity index is 852. The highest BCUT2D eigenvalue weighted by molar-refractivity contribution is 6.41. The zero-order chi connectivity index (χ0) is 16.6. The summed E-state index contributed by atoms with van der Waals surface area (Å²) in [5.74, 6) is 0. The summed E-state index contributed by atoms with van der Waals surface area (Å²) in [5, 5.41) is 2.43. The van der Waals surface area contributed by atoms with Crippen LogP contribution in [0.1, 0.15) is 0 Å². The smallest absolute Gasteiger partial charge is 0.0918 e. The lowest BCUT2D eigenvalue weighted by molar-refractivity contribution is 1.32. The van der Waals surface area contributed by atoms with Gasteiger partial charge in [-0.05, 0) is 30.3 Å². The molecule has 0 amide bonds. The van der Waals surface area contributed by atoms with Gasteiger partial charge < -0.3 is 0 Å². The molecule has 0 aliphatic carbocycles. The Hall–Kier alpha value is -0.960. The van der Waals surface area contributed by atoms with E-state index in [1.54, 1.807) is 48.7 Å². The van der Waals surface area contributed by atoms with Gasteiger partial charge in [-0.25, -0.2) is 0 Å². The molecule has 0 saturated carbocycles. The fourth-order valence-electron chi connectivity index (χ4n) is 2.26. The minimum absolute atomic E-state index is 0.411. The number of hydrogen-bond acceptors (Lipinski definition) is 1. The molecule has 3 aromatic rings. The lowest BCUT2D eigenvalue weighted by Gasteiger charge is -2.11. The highest BCUT2D eigenvalue weighted by Crippen LogP contribution is 2.40. The topological polar surface area (TPSA) is 12.9 Å². The van der Waals surface area contributed by atoms with E-state index in [9.17, 15) is 0 Å². The Labute approximate surface area is 158 Å². The highest BCUT2D eigenvalue weighted by Gasteiger charge is 2.16. The molecule has 3 rings (SSSR count). The Kier molecular flexibility index (Phi) is 5.05. The number of hydrogen-bond donors (Lipinski definition) is 0. The van der Waals surface area contributed by atoms with Crippen LogP contribution < -0.4 is 0 Å². The molecule has 0 aliphatic heterocycles. The van der Waals surface area contributed by atoms with Crippen LogP contribution in [0.4, 0.5) is 0 Å². The van der Waals surface area contributed by atoms with Crippen LogP contribution in [0.25, 0.3) is 22.4 Å². The summed E-state index contributed by atoms with van der Waals surface area (Å²) in [6.45, 7) is 0. The van der Waals surface area contributed by atoms with Gasteiger partial charge in [0.1, 0.15) is 0 Å². The van der Waals surface area contributed by atoms with Crippen molar-refractivity contribution in [1.82, 2.24) is 4.98 Å². The first-order chi connectivity index (χ1) is 11.0. The van der Waals surface area contributed by atoms with E-state index >= 15 is 0 Å². The second kappa shape index (κ2) is 6.88. The number of benzene rings is 2. The quantitative estimate of drug-likeness (QED) is 0.427. The van der Waals surface area contributed by atoms with Gasteiger partial charge >= 0.3 is 0 Å². The van der Waals surface area contributed by atoms with Crippen LogP contribution in [0.5, 0.6) is 0 Å². The first-order valence-corrected chi connectivity index (χ1v) is 8.42. The molecule has 0 radical (unpaired) electrons. The predicted octanol–water partition coefficient (Wildman–Crippen LogP) is 7.68. The lowest BCUT2D eigenvalue weighted by Crippen LogP contribution is -1.90. The number of aromatic nitrogens is 1. The van der Waals surface area contributed by atoms with E-state index in [1.165, 1.54) is 0 Å². The first kappa shape index (κ1) is 16.9. The van der Waals surface area contributed by atoms with E-state index in [-0.39, 0.29) is 0 Å². The van der Waals surface area contributed by atoms with E-state index in [1.807, 2.05) is 0 Å². The second-order valence-electron chi connectivity index (χ2n) is 4.75. The molecular weight excluding hydrogens is 395 g/mol. The molecule has 116 valence electrons. The molecule has 2 aromatic carbocycles. The molecule has 0 fully saturated rings. The van der Waals surface area contributed by atoms with E-state index in [4.69, 9.17) is 58.0 Å². The van der Waals surface area contributed by atoms with Gasteiger partial charge in [-0.15, -0.1) is 0 Å². The predicted molar refractivity (Wildman–Crippen MR) is 100 cm³/mol. The van der Waals surface area contributed by atoms with Crippen molar-refractivity contribution in [3.63, 3.8) is 0 Å². The molecule has 1 nitrogen and oxygen atoms in total. The van der Waals surface area contributed by atoms with Crippen molar-refractivity contribution in [2.24, 2.45) is 0 Å². The van der Waals surface area contributed by atoms with Crippen LogP contribution in [0, 0.1) is 0 Å². The summed E-state index contributed by atoms with van der Waals surface area (Å²) < 4.78 is 0. The van der Waals surface area contributed by atoms with Gasteiger partial charge in [-0.3, -0.25) is 4.98 Å². The SMILES string of the molecule is Clc1cc(-c2c(Cl)cccc2Cl)cnc1-c1c(Cl)cccc1Cl. The fraction of sp³-hybridized carbons (Fsp3) is 0. The van der Waals surface area contributed by atoms with Crippen molar-refractivity contribution in [2.75, 3.05) is 0 Å². The van der Waals surface area contributed by atoms with Gasteiger partial charge in [-0.2, -0.15) is 0 Å². The molecule has 0 saturated heterocycles. The fourth-order valence-corrected chi connectivity index (χ4v) is 3.71. The third-order valence-corrected chi connectivity index (χ3v) is 4.84. The van der Waals surface area contributed by atoms with Crippen LogP contribution >= 0.6 is 58.0 Å². The minimum Gasteiger partial charge on any atom is -0.254 e. The second-order valence-corrected chi connectivity index (χ2v) is 6.78. The molecular formula is C17H8Cl5N. The standard InChI is InChI=1S/C17H8Cl5N/c18-10-3-1-4-11(19)15(10)9-7-14(22)17(23-8-9)16-12(20)5-2-6-13(16)21/h1-8H. The van der Waals surface area contributed by atoms with E-state index in [2.05, 4.69) is 4.98 Å². The van der Waals surface area contributed by atoms with Crippen molar-refractivity contribution in [3.05, 3.63) is 73.8 Å². The third kappa shape index (κ3) is 3.31. The average Bonchev–Trinajstić information content (AvgIpc) is 2.49. The van der Waals surface area contributed by atoms with E-state index in [0.717, 1.165) is 5.56 Å². The average molecular weight is 404 g/mol. The van der Waals surface area contributed by atoms with Crippen LogP contribution in [-0.4, -0.2) is 4.98 Å². The molecule has 0 atom stereocenters. The lowest BCUT2D eigenvalue weighted by atomic mass is 10.1. The van der Waals surface area contributed by atoms with Gasteiger partial charge in [0.2, 0.25) is 0 Å². The molecule has 1 heterocycles. The zero-order valence-electron chi connectivity index (χ0n) is 11.5. The monoisotopic (exact) mass is 401 g/mol. The van der Waals surface area contributed by atoms with Crippen molar-refractivity contribution < 1.29 is 0 Å². The Balaban J connectivity index is 2.16. The number of pyridine rings is 1. The molecule has 0 N–H and O–H groups in total. The van der Waals surface area contributed by atoms with E-state index < -0.39 is 0 Å². The summed E-state index contributed by atoms with van der Waals surface area (Å²) in [4.78, 5) is 4.41. The van der Waals surface area contributed by atoms with Gasteiger partial charge in [-0.1, -0.05) is 70.1 Å². The summed E-state index contributed by atoms with van der Waals surface area (Å²) in [7, 11) is 0. The minimum atomic E-state index is 0.411. The van der Waals surface area contributed by atoms with Crippen LogP contribution in [0.15, 0.2) is 48.7 Å². The molecule has 0 aliphatic rings. The van der Waals surface area contributed by atoms with Gasteiger partial charge in [0.25, 0.3) is 0 Å². The Morgan fingerprint density at radius 1 is 0.609 bits per heavy atom. The summed E-state index contributed by atoms with van der Waals surface area (Å²) in [5.41, 5.74) is 2.51. The summed E-state index contributed by atoms with van der Waals surface area (Å²) >= 11 is 31.3. The Morgan fingerprint density at radius 2 is 1.09 bits per heavy atom. The number of nitrogens with zero attached hydrogens (tertiary/aromatic N) is 1. The first-order valence-electron chi connectivity index (χ1n) is 6.53. The maximum Gasteiger partial charge on any atom is 0.0918 e. The maximum atomic E-state index is 6.40. The Morgan fingerprint density at radius 3 is 1.57 bits per heavy atom. The highest BCUT2D eigenvalue weighted by atomic mass is 35.5.